The second kappa shape index (κ2) is 14.9. The monoisotopic (exact) mass is 726 g/mol. The number of nitrogens with one attached hydrogen (secondary N) is 3. The minimum absolute atomic E-state index is 0.0513. The molecule has 266 valence electrons. The lowest BCUT2D eigenvalue weighted by atomic mass is 9.73. The second-order valence-electron chi connectivity index (χ2n) is 13.0. The molecule has 3 N–H and O–H groups in total. The van der Waals surface area contributed by atoms with Gasteiger partial charge in [0.1, 0.15) is 12.1 Å². The first-order valence-corrected chi connectivity index (χ1v) is 17.6. The normalized spacial score (nSPS) is 20.4. The van der Waals surface area contributed by atoms with Crippen molar-refractivity contribution in [2.45, 2.75) is 88.6 Å². The summed E-state index contributed by atoms with van der Waals surface area (Å²) >= 11 is 5.80. The van der Waals surface area contributed by atoms with Crippen LogP contribution in [-0.4, -0.2) is 73.1 Å². The first kappa shape index (κ1) is 37.8. The fourth-order valence-electron chi connectivity index (χ4n) is 6.28. The van der Waals surface area contributed by atoms with Gasteiger partial charge in [0.2, 0.25) is 11.8 Å². The van der Waals surface area contributed by atoms with Crippen LogP contribution in [0.25, 0.3) is 0 Å². The molecule has 1 saturated carbocycles. The van der Waals surface area contributed by atoms with Gasteiger partial charge in [-0.25, -0.2) is 13.1 Å². The zero-order chi connectivity index (χ0) is 36.4. The average Bonchev–Trinajstić information content (AvgIpc) is 3.04. The van der Waals surface area contributed by atoms with Gasteiger partial charge in [0, 0.05) is 22.2 Å². The Kier molecular flexibility index (Phi) is 11.5. The molecule has 16 heteroatoms. The van der Waals surface area contributed by atoms with Crippen molar-refractivity contribution in [2.75, 3.05) is 0 Å². The van der Waals surface area contributed by atoms with Crippen LogP contribution in [0.5, 0.6) is 0 Å². The standard InChI is InChI=1S/C33H38ClF3N4O7S/c1-17(2)25(28(42)33(35,36)37)38-31(45)27-19-9-13-23(14-10-19)41(27)32(46)26(18(3)4)39-29(43)20-5-7-21(8-6-20)30(44)40-49(47,48)24-15-11-22(34)12-16-24/h5-8,11-12,15-19,23,25-27H,9-10,13-14H2,1-4H3,(H,38,45)(H,39,43)(H,40,44)/t19?,23?,25?,26-,27-/m0/s1. The number of benzene rings is 2. The van der Waals surface area contributed by atoms with Crippen LogP contribution in [0, 0.1) is 17.8 Å². The summed E-state index contributed by atoms with van der Waals surface area (Å²) in [5.74, 6) is -6.81. The second-order valence-corrected chi connectivity index (χ2v) is 15.1. The zero-order valence-electron chi connectivity index (χ0n) is 27.2. The van der Waals surface area contributed by atoms with Crippen molar-refractivity contribution >= 4 is 51.0 Å². The molecule has 2 saturated heterocycles. The highest BCUT2D eigenvalue weighted by molar-refractivity contribution is 7.90. The Morgan fingerprint density at radius 1 is 0.776 bits per heavy atom. The largest absolute Gasteiger partial charge is 0.452 e. The zero-order valence-corrected chi connectivity index (χ0v) is 28.8. The van der Waals surface area contributed by atoms with Crippen LogP contribution < -0.4 is 15.4 Å². The van der Waals surface area contributed by atoms with Crippen LogP contribution in [0.1, 0.15) is 74.1 Å². The Labute approximate surface area is 287 Å². The molecule has 11 nitrogen and oxygen atoms in total. The molecule has 1 unspecified atom stereocenters. The highest BCUT2D eigenvalue weighted by Crippen LogP contribution is 2.40. The number of alkyl halides is 3. The molecule has 3 atom stereocenters. The molecule has 2 aromatic rings. The summed E-state index contributed by atoms with van der Waals surface area (Å²) in [4.78, 5) is 67.0. The van der Waals surface area contributed by atoms with Gasteiger partial charge in [-0.1, -0.05) is 39.3 Å². The summed E-state index contributed by atoms with van der Waals surface area (Å²) in [6.45, 7) is 6.14. The lowest BCUT2D eigenvalue weighted by Gasteiger charge is -2.51. The number of ketones is 1. The summed E-state index contributed by atoms with van der Waals surface area (Å²) in [6.07, 6.45) is -2.86. The fourth-order valence-corrected chi connectivity index (χ4v) is 7.38. The number of rotatable bonds is 11. The third-order valence-electron chi connectivity index (χ3n) is 8.91. The number of nitrogens with zero attached hydrogens (tertiary/aromatic N) is 1. The molecule has 0 spiro atoms. The molecule has 4 amide bonds. The Morgan fingerprint density at radius 3 is 1.78 bits per heavy atom. The van der Waals surface area contributed by atoms with Crippen molar-refractivity contribution in [2.24, 2.45) is 17.8 Å². The molecule has 0 aromatic heterocycles. The van der Waals surface area contributed by atoms with Gasteiger partial charge < -0.3 is 15.5 Å². The van der Waals surface area contributed by atoms with E-state index in [0.29, 0.717) is 30.7 Å². The van der Waals surface area contributed by atoms with Gasteiger partial charge in [0.25, 0.3) is 27.6 Å². The third-order valence-corrected chi connectivity index (χ3v) is 10.5. The lowest BCUT2D eigenvalue weighted by molar-refractivity contribution is -0.175. The number of amides is 4. The smallest absolute Gasteiger partial charge is 0.344 e. The van der Waals surface area contributed by atoms with Crippen molar-refractivity contribution in [1.29, 1.82) is 0 Å². The van der Waals surface area contributed by atoms with Gasteiger partial charge in [-0.2, -0.15) is 13.2 Å². The van der Waals surface area contributed by atoms with E-state index in [-0.39, 0.29) is 28.0 Å². The highest BCUT2D eigenvalue weighted by atomic mass is 35.5. The molecule has 2 aliphatic heterocycles. The highest BCUT2D eigenvalue weighted by Gasteiger charge is 2.51. The first-order valence-electron chi connectivity index (χ1n) is 15.8. The van der Waals surface area contributed by atoms with E-state index in [1.54, 1.807) is 13.8 Å². The third kappa shape index (κ3) is 8.61. The number of carbonyl (C=O) groups is 5. The molecule has 0 radical (unpaired) electrons. The van der Waals surface area contributed by atoms with E-state index in [1.165, 1.54) is 67.3 Å². The minimum atomic E-state index is -5.16. The number of halogens is 4. The first-order chi connectivity index (χ1) is 22.8. The molecule has 49 heavy (non-hydrogen) atoms. The van der Waals surface area contributed by atoms with Gasteiger partial charge in [0.05, 0.1) is 10.9 Å². The van der Waals surface area contributed by atoms with Crippen molar-refractivity contribution in [3.05, 3.63) is 64.7 Å². The Hall–Kier alpha value is -3.98. The number of piperidine rings is 2. The average molecular weight is 727 g/mol. The SMILES string of the molecule is CC(C)C(NC(=O)[C@@H]1C2CCC(CC2)N1C(=O)[C@@H](NC(=O)c1ccc(C(=O)NS(=O)(=O)c2ccc(Cl)cc2)cc1)C(C)C)C(=O)C(F)(F)F. The number of fused-ring (bicyclic) bond motifs is 3. The summed E-state index contributed by atoms with van der Waals surface area (Å²) in [7, 11) is -4.21. The van der Waals surface area contributed by atoms with E-state index in [2.05, 4.69) is 10.6 Å². The topological polar surface area (TPSA) is 159 Å². The quantitative estimate of drug-likeness (QED) is 0.312. The van der Waals surface area contributed by atoms with Crippen LogP contribution in [0.2, 0.25) is 5.02 Å². The van der Waals surface area contributed by atoms with Crippen molar-refractivity contribution in [3.8, 4) is 0 Å². The lowest BCUT2D eigenvalue weighted by Crippen LogP contribution is -2.67. The number of Topliss-reactive ketones (excluding diaryl/α,β-unsaturated/α-hetero) is 1. The Morgan fingerprint density at radius 2 is 1.29 bits per heavy atom. The van der Waals surface area contributed by atoms with Gasteiger partial charge in [0.15, 0.2) is 0 Å². The van der Waals surface area contributed by atoms with Gasteiger partial charge in [-0.15, -0.1) is 0 Å². The maximum Gasteiger partial charge on any atom is 0.452 e. The van der Waals surface area contributed by atoms with Crippen LogP contribution in [0.4, 0.5) is 13.2 Å². The molecular weight excluding hydrogens is 689 g/mol. The van der Waals surface area contributed by atoms with E-state index in [0.717, 1.165) is 0 Å². The van der Waals surface area contributed by atoms with Gasteiger partial charge in [-0.05, 0) is 92.0 Å². The summed E-state index contributed by atoms with van der Waals surface area (Å²) in [5.41, 5.74) is -0.0112. The Bertz CT molecular complexity index is 1690. The molecule has 3 fully saturated rings. The predicted molar refractivity (Wildman–Crippen MR) is 173 cm³/mol. The van der Waals surface area contributed by atoms with Crippen LogP contribution >= 0.6 is 11.6 Å². The summed E-state index contributed by atoms with van der Waals surface area (Å²) in [5, 5.41) is 5.27. The molecular formula is C33H38ClF3N4O7S. The molecule has 3 aliphatic rings. The molecule has 2 heterocycles. The van der Waals surface area contributed by atoms with Crippen LogP contribution in [0.15, 0.2) is 53.4 Å². The predicted octanol–water partition coefficient (Wildman–Crippen LogP) is 4.25. The molecule has 1 aliphatic carbocycles. The number of sulfonamides is 1. The Balaban J connectivity index is 1.49. The molecule has 5 rings (SSSR count). The summed E-state index contributed by atoms with van der Waals surface area (Å²) < 4.78 is 67.1. The van der Waals surface area contributed by atoms with E-state index >= 15 is 0 Å². The maximum atomic E-state index is 14.1. The van der Waals surface area contributed by atoms with Gasteiger partial charge in [-0.3, -0.25) is 24.0 Å². The molecule has 2 aromatic carbocycles. The van der Waals surface area contributed by atoms with Crippen LogP contribution in [-0.2, 0) is 24.4 Å². The van der Waals surface area contributed by atoms with Crippen molar-refractivity contribution in [1.82, 2.24) is 20.3 Å². The summed E-state index contributed by atoms with van der Waals surface area (Å²) in [6, 6.07) is 5.77. The van der Waals surface area contributed by atoms with Gasteiger partial charge >= 0.3 is 6.18 Å². The van der Waals surface area contributed by atoms with Crippen molar-refractivity contribution in [3.63, 3.8) is 0 Å². The van der Waals surface area contributed by atoms with Crippen LogP contribution in [0.3, 0.4) is 0 Å². The minimum Gasteiger partial charge on any atom is -0.344 e. The van der Waals surface area contributed by atoms with E-state index in [4.69, 9.17) is 11.6 Å². The number of hydrogen-bond acceptors (Lipinski definition) is 7. The van der Waals surface area contributed by atoms with Crippen molar-refractivity contribution < 1.29 is 45.6 Å². The van der Waals surface area contributed by atoms with E-state index in [9.17, 15) is 45.6 Å². The molecule has 2 bridgehead atoms. The van der Waals surface area contributed by atoms with E-state index < -0.39 is 75.6 Å². The maximum absolute atomic E-state index is 14.1. The fraction of sp³-hybridized carbons (Fsp3) is 0.485. The number of carbonyl (C=O) groups excluding carboxylic acids is 5. The van der Waals surface area contributed by atoms with E-state index in [1.807, 2.05) is 4.72 Å². The number of hydrogen-bond donors (Lipinski definition) is 3.